The van der Waals surface area contributed by atoms with Crippen LogP contribution in [-0.4, -0.2) is 29.7 Å². The van der Waals surface area contributed by atoms with Crippen molar-refractivity contribution in [3.05, 3.63) is 53.7 Å². The summed E-state index contributed by atoms with van der Waals surface area (Å²) in [6.45, 7) is 3.11. The van der Waals surface area contributed by atoms with Crippen LogP contribution < -0.4 is 4.74 Å². The highest BCUT2D eigenvalue weighted by Crippen LogP contribution is 2.22. The molecule has 1 saturated heterocycles. The lowest BCUT2D eigenvalue weighted by Crippen LogP contribution is -2.37. The molecule has 23 heavy (non-hydrogen) atoms. The lowest BCUT2D eigenvalue weighted by molar-refractivity contribution is 0.116. The first-order chi connectivity index (χ1) is 11.2. The molecule has 0 saturated carbocycles. The predicted molar refractivity (Wildman–Crippen MR) is 84.5 cm³/mol. The van der Waals surface area contributed by atoms with Crippen LogP contribution in [0.15, 0.2) is 40.8 Å². The third kappa shape index (κ3) is 4.33. The Morgan fingerprint density at radius 2 is 2.04 bits per heavy atom. The molecule has 0 aliphatic carbocycles. The quantitative estimate of drug-likeness (QED) is 0.888. The number of piperidine rings is 1. The summed E-state index contributed by atoms with van der Waals surface area (Å²) >= 11 is 0. The van der Waals surface area contributed by atoms with Crippen molar-refractivity contribution in [3.8, 4) is 5.75 Å². The molecular weight excluding hydrogens is 297 g/mol. The molecule has 1 fully saturated rings. The minimum atomic E-state index is -0.313. The average Bonchev–Trinajstić information content (AvgIpc) is 3.02. The van der Waals surface area contributed by atoms with Gasteiger partial charge in [0.25, 0.3) is 0 Å². The van der Waals surface area contributed by atoms with Crippen LogP contribution in [0.2, 0.25) is 0 Å². The molecule has 1 aromatic carbocycles. The number of aliphatic hydroxyl groups excluding tert-OH is 1. The highest BCUT2D eigenvalue weighted by atomic mass is 19.1. The first-order valence-electron chi connectivity index (χ1n) is 8.02. The van der Waals surface area contributed by atoms with Gasteiger partial charge in [0, 0.05) is 12.5 Å². The Kier molecular flexibility index (Phi) is 5.31. The summed E-state index contributed by atoms with van der Waals surface area (Å²) < 4.78 is 24.8. The maximum absolute atomic E-state index is 13.6. The van der Waals surface area contributed by atoms with Gasteiger partial charge in [0.2, 0.25) is 0 Å². The van der Waals surface area contributed by atoms with Gasteiger partial charge >= 0.3 is 0 Å². The molecule has 124 valence electrons. The molecule has 2 heterocycles. The molecule has 5 heteroatoms. The lowest BCUT2D eigenvalue weighted by Gasteiger charge is -2.32. The van der Waals surface area contributed by atoms with Gasteiger partial charge in [-0.15, -0.1) is 0 Å². The number of likely N-dealkylation sites (tertiary alicyclic amines) is 1. The summed E-state index contributed by atoms with van der Waals surface area (Å²) in [4.78, 5) is 2.32. The first-order valence-corrected chi connectivity index (χ1v) is 8.02. The van der Waals surface area contributed by atoms with E-state index in [4.69, 9.17) is 14.3 Å². The summed E-state index contributed by atoms with van der Waals surface area (Å²) in [5, 5.41) is 9.04. The van der Waals surface area contributed by atoms with Crippen LogP contribution in [-0.2, 0) is 13.2 Å². The van der Waals surface area contributed by atoms with Crippen LogP contribution in [0.25, 0.3) is 0 Å². The van der Waals surface area contributed by atoms with E-state index in [1.165, 1.54) is 6.07 Å². The summed E-state index contributed by atoms with van der Waals surface area (Å²) in [6.07, 6.45) is 2.18. The Morgan fingerprint density at radius 3 is 2.83 bits per heavy atom. The fraction of sp³-hybridized carbons (Fsp3) is 0.444. The molecule has 0 unspecified atom stereocenters. The van der Waals surface area contributed by atoms with Gasteiger partial charge in [0.15, 0.2) is 11.6 Å². The predicted octanol–water partition coefficient (Wildman–Crippen LogP) is 3.20. The van der Waals surface area contributed by atoms with Crippen molar-refractivity contribution >= 4 is 0 Å². The van der Waals surface area contributed by atoms with Gasteiger partial charge in [0.1, 0.15) is 18.1 Å². The third-order valence-electron chi connectivity index (χ3n) is 4.17. The highest BCUT2D eigenvalue weighted by molar-refractivity contribution is 5.23. The number of nitrogens with zero attached hydrogens (tertiary/aromatic N) is 1. The summed E-state index contributed by atoms with van der Waals surface area (Å²) in [6, 6.07) is 10.2. The molecule has 0 amide bonds. The third-order valence-corrected chi connectivity index (χ3v) is 4.17. The smallest absolute Gasteiger partial charge is 0.165 e. The molecule has 3 rings (SSSR count). The zero-order valence-electron chi connectivity index (χ0n) is 13.1. The van der Waals surface area contributed by atoms with Gasteiger partial charge < -0.3 is 14.3 Å². The van der Waals surface area contributed by atoms with Crippen LogP contribution in [0.4, 0.5) is 4.39 Å². The topological polar surface area (TPSA) is 45.8 Å². The molecule has 0 bridgehead atoms. The van der Waals surface area contributed by atoms with E-state index in [-0.39, 0.29) is 12.4 Å². The zero-order valence-corrected chi connectivity index (χ0v) is 13.1. The number of ether oxygens (including phenoxy) is 1. The fourth-order valence-electron chi connectivity index (χ4n) is 3.01. The minimum absolute atomic E-state index is 0.0703. The van der Waals surface area contributed by atoms with Crippen molar-refractivity contribution in [1.82, 2.24) is 4.90 Å². The van der Waals surface area contributed by atoms with E-state index in [1.807, 2.05) is 6.07 Å². The number of halogens is 1. The van der Waals surface area contributed by atoms with Crippen LogP contribution in [0.5, 0.6) is 5.75 Å². The summed E-state index contributed by atoms with van der Waals surface area (Å²) in [5.74, 6) is 1.85. The first kappa shape index (κ1) is 16.0. The van der Waals surface area contributed by atoms with E-state index in [2.05, 4.69) is 4.90 Å². The Hall–Kier alpha value is -1.85. The van der Waals surface area contributed by atoms with Crippen LogP contribution in [0.3, 0.4) is 0 Å². The van der Waals surface area contributed by atoms with E-state index >= 15 is 0 Å². The van der Waals surface area contributed by atoms with E-state index in [1.54, 1.807) is 24.3 Å². The van der Waals surface area contributed by atoms with E-state index in [9.17, 15) is 4.39 Å². The van der Waals surface area contributed by atoms with Crippen molar-refractivity contribution < 1.29 is 18.7 Å². The van der Waals surface area contributed by atoms with Gasteiger partial charge in [-0.3, -0.25) is 4.90 Å². The largest absolute Gasteiger partial charge is 0.490 e. The lowest BCUT2D eigenvalue weighted by atomic mass is 9.99. The molecule has 4 nitrogen and oxygen atoms in total. The second-order valence-electron chi connectivity index (χ2n) is 6.01. The Bertz CT molecular complexity index is 628. The van der Waals surface area contributed by atoms with Gasteiger partial charge in [-0.25, -0.2) is 4.39 Å². The summed E-state index contributed by atoms with van der Waals surface area (Å²) in [7, 11) is 0. The summed E-state index contributed by atoms with van der Waals surface area (Å²) in [5.41, 5.74) is 0. The normalized spacial score (nSPS) is 19.0. The van der Waals surface area contributed by atoms with Gasteiger partial charge in [-0.1, -0.05) is 12.1 Å². The van der Waals surface area contributed by atoms with E-state index in [0.29, 0.717) is 24.0 Å². The van der Waals surface area contributed by atoms with Crippen molar-refractivity contribution in [3.63, 3.8) is 0 Å². The van der Waals surface area contributed by atoms with Crippen LogP contribution in [0, 0.1) is 11.7 Å². The number of hydrogen-bond donors (Lipinski definition) is 1. The molecule has 1 N–H and O–H groups in total. The molecule has 2 aromatic rings. The molecule has 1 aromatic heterocycles. The number of para-hydroxylation sites is 1. The van der Waals surface area contributed by atoms with Gasteiger partial charge in [0.05, 0.1) is 13.2 Å². The monoisotopic (exact) mass is 319 g/mol. The van der Waals surface area contributed by atoms with E-state index in [0.717, 1.165) is 38.2 Å². The number of furan rings is 1. The molecule has 1 aliphatic rings. The SMILES string of the molecule is OCc1ccc(CN2CCC[C@H](COc3ccccc3F)C2)o1. The number of benzene rings is 1. The number of hydrogen-bond acceptors (Lipinski definition) is 4. The average molecular weight is 319 g/mol. The highest BCUT2D eigenvalue weighted by Gasteiger charge is 2.21. The Morgan fingerprint density at radius 1 is 1.22 bits per heavy atom. The fourth-order valence-corrected chi connectivity index (χ4v) is 3.01. The molecule has 0 spiro atoms. The maximum Gasteiger partial charge on any atom is 0.165 e. The maximum atomic E-state index is 13.6. The van der Waals surface area contributed by atoms with Crippen molar-refractivity contribution in [1.29, 1.82) is 0 Å². The van der Waals surface area contributed by atoms with Crippen molar-refractivity contribution in [2.24, 2.45) is 5.92 Å². The Balaban J connectivity index is 1.51. The molecule has 0 radical (unpaired) electrons. The van der Waals surface area contributed by atoms with E-state index < -0.39 is 0 Å². The minimum Gasteiger partial charge on any atom is -0.490 e. The van der Waals surface area contributed by atoms with Crippen molar-refractivity contribution in [2.45, 2.75) is 26.0 Å². The van der Waals surface area contributed by atoms with Gasteiger partial charge in [-0.05, 0) is 43.7 Å². The van der Waals surface area contributed by atoms with Gasteiger partial charge in [-0.2, -0.15) is 0 Å². The number of rotatable bonds is 6. The zero-order chi connectivity index (χ0) is 16.1. The standard InChI is InChI=1S/C18H22FNO3/c19-17-5-1-2-6-18(17)22-13-14-4-3-9-20(10-14)11-15-7-8-16(12-21)23-15/h1-2,5-8,14,21H,3-4,9-13H2/t14-/m0/s1. The molecular formula is C18H22FNO3. The molecule has 1 atom stereocenters. The second-order valence-corrected chi connectivity index (χ2v) is 6.01. The molecule has 1 aliphatic heterocycles. The second kappa shape index (κ2) is 7.62. The van der Waals surface area contributed by atoms with Crippen molar-refractivity contribution in [2.75, 3.05) is 19.7 Å². The number of aliphatic hydroxyl groups is 1. The van der Waals surface area contributed by atoms with Crippen LogP contribution >= 0.6 is 0 Å². The Labute approximate surface area is 135 Å². The van der Waals surface area contributed by atoms with Crippen LogP contribution in [0.1, 0.15) is 24.4 Å².